The van der Waals surface area contributed by atoms with Gasteiger partial charge in [-0.25, -0.2) is 4.39 Å². The average molecular weight is 311 g/mol. The van der Waals surface area contributed by atoms with Crippen molar-refractivity contribution in [3.63, 3.8) is 0 Å². The monoisotopic (exact) mass is 311 g/mol. The van der Waals surface area contributed by atoms with Gasteiger partial charge in [0.2, 0.25) is 11.0 Å². The Morgan fingerprint density at radius 1 is 1.40 bits per heavy atom. The zero-order valence-corrected chi connectivity index (χ0v) is 12.7. The van der Waals surface area contributed by atoms with Gasteiger partial charge in [-0.15, -0.1) is 10.2 Å². The molecule has 2 aromatic rings. The molecule has 1 heterocycles. The molecule has 0 atom stereocenters. The molecule has 0 saturated heterocycles. The highest BCUT2D eigenvalue weighted by Crippen LogP contribution is 2.29. The van der Waals surface area contributed by atoms with E-state index in [4.69, 9.17) is 0 Å². The van der Waals surface area contributed by atoms with Gasteiger partial charge < -0.3 is 5.32 Å². The minimum Gasteiger partial charge on any atom is -0.300 e. The molecule has 1 N–H and O–H groups in total. The minimum absolute atomic E-state index is 0.0909. The zero-order valence-electron chi connectivity index (χ0n) is 11.1. The van der Waals surface area contributed by atoms with Crippen molar-refractivity contribution in [1.29, 1.82) is 0 Å². The molecular formula is C13H14FN3OS2. The van der Waals surface area contributed by atoms with Gasteiger partial charge in [0.15, 0.2) is 4.34 Å². The van der Waals surface area contributed by atoms with Gasteiger partial charge in [0.25, 0.3) is 0 Å². The lowest BCUT2D eigenvalue weighted by Crippen LogP contribution is -2.17. The van der Waals surface area contributed by atoms with E-state index in [0.29, 0.717) is 20.8 Å². The van der Waals surface area contributed by atoms with Gasteiger partial charge in [-0.1, -0.05) is 55.1 Å². The van der Waals surface area contributed by atoms with Crippen LogP contribution in [0.5, 0.6) is 0 Å². The van der Waals surface area contributed by atoms with Gasteiger partial charge in [0.1, 0.15) is 5.82 Å². The third kappa shape index (κ3) is 4.01. The maximum Gasteiger partial charge on any atom is 0.228 e. The van der Waals surface area contributed by atoms with E-state index >= 15 is 0 Å². The van der Waals surface area contributed by atoms with Crippen LogP contribution >= 0.6 is 23.1 Å². The number of hydrogen-bond donors (Lipinski definition) is 1. The number of hydrogen-bond acceptors (Lipinski definition) is 5. The number of carbonyl (C=O) groups excluding carboxylic acids is 1. The normalized spacial score (nSPS) is 10.8. The number of benzene rings is 1. The highest BCUT2D eigenvalue weighted by Gasteiger charge is 2.11. The Morgan fingerprint density at radius 2 is 2.15 bits per heavy atom. The first-order chi connectivity index (χ1) is 9.56. The Balaban J connectivity index is 1.93. The topological polar surface area (TPSA) is 54.9 Å². The summed E-state index contributed by atoms with van der Waals surface area (Å²) < 4.78 is 14.2. The Labute approximate surface area is 124 Å². The molecule has 7 heteroatoms. The fourth-order valence-corrected chi connectivity index (χ4v) is 3.06. The smallest absolute Gasteiger partial charge is 0.228 e. The predicted octanol–water partition coefficient (Wildman–Crippen LogP) is 3.56. The summed E-state index contributed by atoms with van der Waals surface area (Å²) in [6.45, 7) is 3.62. The average Bonchev–Trinajstić information content (AvgIpc) is 2.85. The van der Waals surface area contributed by atoms with E-state index in [1.807, 2.05) is 13.8 Å². The Bertz CT molecular complexity index is 601. The molecule has 0 saturated carbocycles. The van der Waals surface area contributed by atoms with E-state index in [0.717, 1.165) is 0 Å². The zero-order chi connectivity index (χ0) is 14.5. The largest absolute Gasteiger partial charge is 0.300 e. The van der Waals surface area contributed by atoms with Gasteiger partial charge >= 0.3 is 0 Å². The maximum absolute atomic E-state index is 13.5. The number of anilines is 1. The third-order valence-corrected chi connectivity index (χ3v) is 4.49. The van der Waals surface area contributed by atoms with Crippen molar-refractivity contribution >= 4 is 34.1 Å². The number of nitrogens with one attached hydrogen (secondary N) is 1. The SMILES string of the molecule is CC(C)C(=O)Nc1nnc(SCc2ccccc2F)s1. The molecule has 0 radical (unpaired) electrons. The molecule has 1 aromatic heterocycles. The number of carbonyl (C=O) groups is 1. The molecule has 20 heavy (non-hydrogen) atoms. The number of nitrogens with zero attached hydrogens (tertiary/aromatic N) is 2. The Hall–Kier alpha value is -1.47. The van der Waals surface area contributed by atoms with Crippen LogP contribution in [0.25, 0.3) is 0 Å². The molecule has 106 valence electrons. The molecule has 1 aromatic carbocycles. The molecule has 0 bridgehead atoms. The minimum atomic E-state index is -0.224. The first kappa shape index (κ1) is 14.9. The van der Waals surface area contributed by atoms with Crippen molar-refractivity contribution in [1.82, 2.24) is 10.2 Å². The molecule has 2 rings (SSSR count). The van der Waals surface area contributed by atoms with Gasteiger partial charge in [-0.3, -0.25) is 4.79 Å². The highest BCUT2D eigenvalue weighted by atomic mass is 32.2. The first-order valence-electron chi connectivity index (χ1n) is 6.07. The van der Waals surface area contributed by atoms with Crippen LogP contribution < -0.4 is 5.32 Å². The third-order valence-electron chi connectivity index (χ3n) is 2.47. The maximum atomic E-state index is 13.5. The van der Waals surface area contributed by atoms with Gasteiger partial charge in [-0.2, -0.15) is 0 Å². The molecule has 0 aliphatic carbocycles. The summed E-state index contributed by atoms with van der Waals surface area (Å²) in [5.74, 6) is 0.0671. The van der Waals surface area contributed by atoms with E-state index < -0.39 is 0 Å². The molecule has 0 spiro atoms. The van der Waals surface area contributed by atoms with Crippen molar-refractivity contribution in [2.45, 2.75) is 23.9 Å². The Morgan fingerprint density at radius 3 is 2.85 bits per heavy atom. The lowest BCUT2D eigenvalue weighted by Gasteiger charge is -2.02. The second-order valence-corrected chi connectivity index (χ2v) is 6.60. The molecule has 0 unspecified atom stereocenters. The molecular weight excluding hydrogens is 297 g/mol. The second kappa shape index (κ2) is 6.81. The second-order valence-electron chi connectivity index (χ2n) is 4.40. The van der Waals surface area contributed by atoms with Crippen LogP contribution in [0.1, 0.15) is 19.4 Å². The van der Waals surface area contributed by atoms with E-state index in [-0.39, 0.29) is 17.6 Å². The number of amides is 1. The van der Waals surface area contributed by atoms with E-state index in [1.165, 1.54) is 29.2 Å². The van der Waals surface area contributed by atoms with Crippen LogP contribution in [0, 0.1) is 11.7 Å². The van der Waals surface area contributed by atoms with Crippen molar-refractivity contribution in [3.05, 3.63) is 35.6 Å². The van der Waals surface area contributed by atoms with E-state index in [2.05, 4.69) is 15.5 Å². The first-order valence-corrected chi connectivity index (χ1v) is 7.87. The summed E-state index contributed by atoms with van der Waals surface area (Å²) in [4.78, 5) is 11.5. The van der Waals surface area contributed by atoms with Crippen LogP contribution in [-0.4, -0.2) is 16.1 Å². The van der Waals surface area contributed by atoms with Crippen LogP contribution in [0.2, 0.25) is 0 Å². The standard InChI is InChI=1S/C13H14FN3OS2/c1-8(2)11(18)15-12-16-17-13(20-12)19-7-9-5-3-4-6-10(9)14/h3-6,8H,7H2,1-2H3,(H,15,16,18). The van der Waals surface area contributed by atoms with Crippen LogP contribution in [0.3, 0.4) is 0 Å². The van der Waals surface area contributed by atoms with Crippen LogP contribution in [0.4, 0.5) is 9.52 Å². The van der Waals surface area contributed by atoms with Gasteiger partial charge in [-0.05, 0) is 11.6 Å². The molecule has 0 aliphatic rings. The number of aromatic nitrogens is 2. The molecule has 1 amide bonds. The van der Waals surface area contributed by atoms with Crippen molar-refractivity contribution < 1.29 is 9.18 Å². The fourth-order valence-electron chi connectivity index (χ4n) is 1.32. The van der Waals surface area contributed by atoms with Gasteiger partial charge in [0.05, 0.1) is 0 Å². The summed E-state index contributed by atoms with van der Waals surface area (Å²) in [7, 11) is 0. The van der Waals surface area contributed by atoms with Crippen molar-refractivity contribution in [3.8, 4) is 0 Å². The van der Waals surface area contributed by atoms with Crippen molar-refractivity contribution in [2.75, 3.05) is 5.32 Å². The number of thioether (sulfide) groups is 1. The summed E-state index contributed by atoms with van der Waals surface area (Å²) in [5, 5.41) is 11.0. The molecule has 0 fully saturated rings. The summed E-state index contributed by atoms with van der Waals surface area (Å²) in [6.07, 6.45) is 0. The number of halogens is 1. The van der Waals surface area contributed by atoms with Crippen LogP contribution in [0.15, 0.2) is 28.6 Å². The highest BCUT2D eigenvalue weighted by molar-refractivity contribution is 8.00. The fraction of sp³-hybridized carbons (Fsp3) is 0.308. The van der Waals surface area contributed by atoms with E-state index in [9.17, 15) is 9.18 Å². The summed E-state index contributed by atoms with van der Waals surface area (Å²) in [5.41, 5.74) is 0.625. The lowest BCUT2D eigenvalue weighted by atomic mass is 10.2. The van der Waals surface area contributed by atoms with Crippen LogP contribution in [-0.2, 0) is 10.5 Å². The molecule has 4 nitrogen and oxygen atoms in total. The quantitative estimate of drug-likeness (QED) is 0.677. The summed E-state index contributed by atoms with van der Waals surface area (Å²) in [6, 6.07) is 6.64. The number of rotatable bonds is 5. The lowest BCUT2D eigenvalue weighted by molar-refractivity contribution is -0.118. The van der Waals surface area contributed by atoms with Crippen molar-refractivity contribution in [2.24, 2.45) is 5.92 Å². The summed E-state index contributed by atoms with van der Waals surface area (Å²) >= 11 is 2.69. The molecule has 0 aliphatic heterocycles. The Kier molecular flexibility index (Phi) is 5.08. The predicted molar refractivity (Wildman–Crippen MR) is 79.3 cm³/mol. The van der Waals surface area contributed by atoms with E-state index in [1.54, 1.807) is 18.2 Å². The van der Waals surface area contributed by atoms with Gasteiger partial charge in [0, 0.05) is 11.7 Å².